The quantitative estimate of drug-likeness (QED) is 0.489. The van der Waals surface area contributed by atoms with Gasteiger partial charge < -0.3 is 0 Å². The Hall–Kier alpha value is -0.270. The topological polar surface area (TPSA) is 38.7 Å². The summed E-state index contributed by atoms with van der Waals surface area (Å²) in [6.45, 7) is 10.7. The van der Waals surface area contributed by atoms with Crippen LogP contribution in [-0.4, -0.2) is 15.0 Å². The molecule has 2 aromatic heterocycles. The van der Waals surface area contributed by atoms with E-state index in [1.165, 1.54) is 0 Å². The molecule has 0 saturated carbocycles. The second-order valence-corrected chi connectivity index (χ2v) is 8.27. The first-order chi connectivity index (χ1) is 9.20. The highest BCUT2D eigenvalue weighted by molar-refractivity contribution is 14.1. The molecule has 0 atom stereocenters. The molecule has 2 heterocycles. The Kier molecular flexibility index (Phi) is 4.71. The van der Waals surface area contributed by atoms with E-state index in [0.29, 0.717) is 16.9 Å². The van der Waals surface area contributed by atoms with E-state index in [4.69, 9.17) is 11.6 Å². The molecule has 6 heteroatoms. The van der Waals surface area contributed by atoms with Gasteiger partial charge in [0.15, 0.2) is 5.82 Å². The van der Waals surface area contributed by atoms with Gasteiger partial charge in [-0.25, -0.2) is 15.0 Å². The predicted molar refractivity (Wildman–Crippen MR) is 93.7 cm³/mol. The maximum absolute atomic E-state index is 6.23. The zero-order valence-corrected chi connectivity index (χ0v) is 15.9. The summed E-state index contributed by atoms with van der Waals surface area (Å²) in [5.41, 5.74) is 1.82. The van der Waals surface area contributed by atoms with Crippen molar-refractivity contribution in [3.8, 4) is 11.5 Å². The van der Waals surface area contributed by atoms with E-state index in [1.54, 1.807) is 11.3 Å². The van der Waals surface area contributed by atoms with Crippen LogP contribution in [0.4, 0.5) is 0 Å². The molecule has 0 saturated heterocycles. The lowest BCUT2D eigenvalue weighted by molar-refractivity contribution is 0.585. The molecule has 0 fully saturated rings. The van der Waals surface area contributed by atoms with E-state index in [2.05, 4.69) is 72.2 Å². The van der Waals surface area contributed by atoms with Gasteiger partial charge in [-0.3, -0.25) is 0 Å². The highest BCUT2D eigenvalue weighted by atomic mass is 127. The average Bonchev–Trinajstić information content (AvgIpc) is 2.81. The molecular weight excluding hydrogens is 405 g/mol. The average molecular weight is 422 g/mol. The summed E-state index contributed by atoms with van der Waals surface area (Å²) >= 11 is 10.1. The fourth-order valence-corrected chi connectivity index (χ4v) is 3.58. The molecule has 2 rings (SSSR count). The lowest BCUT2D eigenvalue weighted by Gasteiger charge is -2.13. The van der Waals surface area contributed by atoms with E-state index >= 15 is 0 Å². The van der Waals surface area contributed by atoms with Crippen LogP contribution >= 0.6 is 45.5 Å². The first-order valence-corrected chi connectivity index (χ1v) is 8.73. The third-order valence-electron chi connectivity index (χ3n) is 2.76. The van der Waals surface area contributed by atoms with Crippen molar-refractivity contribution in [1.29, 1.82) is 0 Å². The van der Waals surface area contributed by atoms with Gasteiger partial charge in [0.1, 0.15) is 10.8 Å². The number of thiazole rings is 1. The fraction of sp³-hybridized carbons (Fsp3) is 0.500. The Morgan fingerprint density at radius 2 is 1.85 bits per heavy atom. The van der Waals surface area contributed by atoms with Crippen molar-refractivity contribution >= 4 is 45.5 Å². The maximum Gasteiger partial charge on any atom is 0.180 e. The molecule has 0 aromatic carbocycles. The van der Waals surface area contributed by atoms with Crippen LogP contribution in [0.5, 0.6) is 0 Å². The molecule has 108 valence electrons. The standard InChI is InChI=1S/C14H17ClIN3S/c1-7(2)10-9(16)11(15)19-12(18-10)8-6-20-13(17-8)14(3,4)5/h6-7H,1-5H3. The molecule has 0 unspecified atom stereocenters. The normalized spacial score (nSPS) is 12.2. The third-order valence-corrected chi connectivity index (χ3v) is 5.68. The summed E-state index contributed by atoms with van der Waals surface area (Å²) in [5, 5.41) is 3.59. The third kappa shape index (κ3) is 3.31. The van der Waals surface area contributed by atoms with Gasteiger partial charge >= 0.3 is 0 Å². The number of nitrogens with zero attached hydrogens (tertiary/aromatic N) is 3. The van der Waals surface area contributed by atoms with Gasteiger partial charge in [0.25, 0.3) is 0 Å². The summed E-state index contributed by atoms with van der Waals surface area (Å²) in [5.74, 6) is 0.924. The molecule has 3 nitrogen and oxygen atoms in total. The zero-order valence-electron chi connectivity index (χ0n) is 12.2. The summed E-state index contributed by atoms with van der Waals surface area (Å²) in [6, 6.07) is 0. The summed E-state index contributed by atoms with van der Waals surface area (Å²) < 4.78 is 0.925. The van der Waals surface area contributed by atoms with Gasteiger partial charge in [-0.1, -0.05) is 46.2 Å². The van der Waals surface area contributed by atoms with Gasteiger partial charge in [0, 0.05) is 10.8 Å². The monoisotopic (exact) mass is 421 g/mol. The minimum absolute atomic E-state index is 0.0385. The van der Waals surface area contributed by atoms with Crippen molar-refractivity contribution < 1.29 is 0 Å². The number of hydrogen-bond donors (Lipinski definition) is 0. The van der Waals surface area contributed by atoms with Crippen molar-refractivity contribution in [3.63, 3.8) is 0 Å². The van der Waals surface area contributed by atoms with Crippen LogP contribution in [-0.2, 0) is 5.41 Å². The molecule has 20 heavy (non-hydrogen) atoms. The highest BCUT2D eigenvalue weighted by Gasteiger charge is 2.21. The Morgan fingerprint density at radius 3 is 2.35 bits per heavy atom. The smallest absolute Gasteiger partial charge is 0.180 e. The molecular formula is C14H17ClIN3S. The first kappa shape index (κ1) is 16.1. The number of hydrogen-bond acceptors (Lipinski definition) is 4. The lowest BCUT2D eigenvalue weighted by atomic mass is 9.98. The maximum atomic E-state index is 6.23. The number of halogens is 2. The van der Waals surface area contributed by atoms with Crippen LogP contribution in [0.3, 0.4) is 0 Å². The van der Waals surface area contributed by atoms with Gasteiger partial charge in [0.2, 0.25) is 0 Å². The molecule has 0 radical (unpaired) electrons. The van der Waals surface area contributed by atoms with Gasteiger partial charge in [-0.2, -0.15) is 0 Å². The van der Waals surface area contributed by atoms with E-state index in [1.807, 2.05) is 5.38 Å². The van der Waals surface area contributed by atoms with Gasteiger partial charge in [-0.15, -0.1) is 11.3 Å². The van der Waals surface area contributed by atoms with Crippen molar-refractivity contribution in [3.05, 3.63) is 24.8 Å². The number of rotatable bonds is 2. The SMILES string of the molecule is CC(C)c1nc(-c2csc(C(C)(C)C)n2)nc(Cl)c1I. The molecule has 0 spiro atoms. The molecule has 0 N–H and O–H groups in total. The van der Waals surface area contributed by atoms with E-state index in [0.717, 1.165) is 20.0 Å². The van der Waals surface area contributed by atoms with Crippen molar-refractivity contribution in [2.75, 3.05) is 0 Å². The molecule has 0 amide bonds. The highest BCUT2D eigenvalue weighted by Crippen LogP contribution is 2.31. The lowest BCUT2D eigenvalue weighted by Crippen LogP contribution is -2.10. The Balaban J connectivity index is 2.51. The molecule has 0 bridgehead atoms. The Bertz CT molecular complexity index is 632. The van der Waals surface area contributed by atoms with Gasteiger partial charge in [-0.05, 0) is 28.5 Å². The molecule has 0 aliphatic heterocycles. The fourth-order valence-electron chi connectivity index (χ4n) is 1.65. The van der Waals surface area contributed by atoms with E-state index in [-0.39, 0.29) is 5.41 Å². The Labute approximate surface area is 142 Å². The first-order valence-electron chi connectivity index (χ1n) is 6.39. The summed E-state index contributed by atoms with van der Waals surface area (Å²) in [4.78, 5) is 13.7. The van der Waals surface area contributed by atoms with Crippen LogP contribution in [0.25, 0.3) is 11.5 Å². The van der Waals surface area contributed by atoms with Crippen molar-refractivity contribution in [2.24, 2.45) is 0 Å². The molecule has 0 aliphatic carbocycles. The second kappa shape index (κ2) is 5.85. The predicted octanol–water partition coefficient (Wildman–Crippen LogP) is 5.28. The minimum Gasteiger partial charge on any atom is -0.237 e. The van der Waals surface area contributed by atoms with E-state index < -0.39 is 0 Å². The largest absolute Gasteiger partial charge is 0.237 e. The van der Waals surface area contributed by atoms with Crippen LogP contribution in [0.1, 0.15) is 51.2 Å². The molecule has 2 aromatic rings. The van der Waals surface area contributed by atoms with Crippen LogP contribution < -0.4 is 0 Å². The van der Waals surface area contributed by atoms with Crippen molar-refractivity contribution in [2.45, 2.75) is 46.0 Å². The Morgan fingerprint density at radius 1 is 1.20 bits per heavy atom. The van der Waals surface area contributed by atoms with Crippen LogP contribution in [0.2, 0.25) is 5.15 Å². The summed E-state index contributed by atoms with van der Waals surface area (Å²) in [7, 11) is 0. The second-order valence-electron chi connectivity index (χ2n) is 5.98. The number of aromatic nitrogens is 3. The zero-order chi connectivity index (χ0) is 15.1. The van der Waals surface area contributed by atoms with Crippen LogP contribution in [0, 0.1) is 3.57 Å². The van der Waals surface area contributed by atoms with E-state index in [9.17, 15) is 0 Å². The van der Waals surface area contributed by atoms with Crippen molar-refractivity contribution in [1.82, 2.24) is 15.0 Å². The molecule has 0 aliphatic rings. The van der Waals surface area contributed by atoms with Crippen LogP contribution in [0.15, 0.2) is 5.38 Å². The van der Waals surface area contributed by atoms with Gasteiger partial charge in [0.05, 0.1) is 14.3 Å². The minimum atomic E-state index is 0.0385. The summed E-state index contributed by atoms with van der Waals surface area (Å²) in [6.07, 6.45) is 0.